The summed E-state index contributed by atoms with van der Waals surface area (Å²) in [6.07, 6.45) is 0.903. The topological polar surface area (TPSA) is 68.8 Å². The van der Waals surface area contributed by atoms with Crippen molar-refractivity contribution in [1.82, 2.24) is 5.32 Å². The zero-order valence-electron chi connectivity index (χ0n) is 15.5. The minimum Gasteiger partial charge on any atom is -0.494 e. The monoisotopic (exact) mass is 388 g/mol. The van der Waals surface area contributed by atoms with Crippen molar-refractivity contribution in [3.8, 4) is 11.5 Å². The van der Waals surface area contributed by atoms with Gasteiger partial charge in [-0.25, -0.2) is 0 Å². The zero-order chi connectivity index (χ0) is 19.5. The van der Waals surface area contributed by atoms with E-state index < -0.39 is 0 Å². The molecule has 2 aromatic rings. The van der Waals surface area contributed by atoms with Crippen LogP contribution >= 0.6 is 12.2 Å². The van der Waals surface area contributed by atoms with Crippen LogP contribution in [-0.4, -0.2) is 38.0 Å². The number of rotatable bonds is 9. The fourth-order valence-electron chi connectivity index (χ4n) is 2.16. The molecular weight excluding hydrogens is 364 g/mol. The highest BCUT2D eigenvalue weighted by molar-refractivity contribution is 7.80. The maximum absolute atomic E-state index is 12.3. The SMILES string of the molecule is CCCOc1cccc(C(=O)NC(=S)Nc2ccc(OCCOC)cc2)c1. The van der Waals surface area contributed by atoms with E-state index >= 15 is 0 Å². The number of nitrogens with one attached hydrogen (secondary N) is 2. The molecule has 0 aliphatic rings. The summed E-state index contributed by atoms with van der Waals surface area (Å²) in [5.74, 6) is 1.10. The van der Waals surface area contributed by atoms with E-state index in [-0.39, 0.29) is 11.0 Å². The van der Waals surface area contributed by atoms with Crippen molar-refractivity contribution in [3.05, 3.63) is 54.1 Å². The summed E-state index contributed by atoms with van der Waals surface area (Å²) in [4.78, 5) is 12.3. The molecular formula is C20H24N2O4S. The molecule has 7 heteroatoms. The lowest BCUT2D eigenvalue weighted by Crippen LogP contribution is -2.34. The lowest BCUT2D eigenvalue weighted by atomic mass is 10.2. The summed E-state index contributed by atoms with van der Waals surface area (Å²) in [6, 6.07) is 14.3. The summed E-state index contributed by atoms with van der Waals surface area (Å²) in [5, 5.41) is 5.85. The van der Waals surface area contributed by atoms with E-state index in [1.807, 2.05) is 37.3 Å². The number of thiocarbonyl (C=S) groups is 1. The summed E-state index contributed by atoms with van der Waals surface area (Å²) < 4.78 is 16.0. The predicted octanol–water partition coefficient (Wildman–Crippen LogP) is 3.63. The maximum atomic E-state index is 12.3. The molecule has 0 saturated carbocycles. The van der Waals surface area contributed by atoms with Crippen LogP contribution in [0.15, 0.2) is 48.5 Å². The highest BCUT2D eigenvalue weighted by atomic mass is 32.1. The van der Waals surface area contributed by atoms with Gasteiger partial charge in [0, 0.05) is 18.4 Å². The number of carbonyl (C=O) groups excluding carboxylic acids is 1. The van der Waals surface area contributed by atoms with E-state index in [9.17, 15) is 4.79 Å². The average molecular weight is 388 g/mol. The molecule has 27 heavy (non-hydrogen) atoms. The number of hydrogen-bond acceptors (Lipinski definition) is 5. The van der Waals surface area contributed by atoms with Crippen molar-refractivity contribution in [1.29, 1.82) is 0 Å². The van der Waals surface area contributed by atoms with Crippen molar-refractivity contribution >= 4 is 28.9 Å². The van der Waals surface area contributed by atoms with Gasteiger partial charge in [0.25, 0.3) is 5.91 Å². The Balaban J connectivity index is 1.86. The van der Waals surface area contributed by atoms with Gasteiger partial charge in [0.1, 0.15) is 18.1 Å². The highest BCUT2D eigenvalue weighted by Gasteiger charge is 2.09. The molecule has 2 rings (SSSR count). The normalized spacial score (nSPS) is 10.1. The van der Waals surface area contributed by atoms with Crippen molar-refractivity contribution < 1.29 is 19.0 Å². The molecule has 0 unspecified atom stereocenters. The van der Waals surface area contributed by atoms with Crippen LogP contribution in [0.2, 0.25) is 0 Å². The molecule has 0 radical (unpaired) electrons. The standard InChI is InChI=1S/C20H24N2O4S/c1-3-11-25-18-6-4-5-15(14-18)19(23)22-20(27)21-16-7-9-17(10-8-16)26-13-12-24-2/h4-10,14H,3,11-13H2,1-2H3,(H2,21,22,23,27). The molecule has 0 aliphatic carbocycles. The molecule has 0 aromatic heterocycles. The Bertz CT molecular complexity index is 750. The van der Waals surface area contributed by atoms with Gasteiger partial charge in [0.15, 0.2) is 5.11 Å². The van der Waals surface area contributed by atoms with Gasteiger partial charge in [-0.15, -0.1) is 0 Å². The first-order valence-corrected chi connectivity index (χ1v) is 9.10. The Labute approximate surface area is 164 Å². The number of anilines is 1. The smallest absolute Gasteiger partial charge is 0.257 e. The van der Waals surface area contributed by atoms with Crippen LogP contribution in [0.5, 0.6) is 11.5 Å². The molecule has 0 bridgehead atoms. The Kier molecular flexibility index (Phi) is 8.54. The minimum absolute atomic E-state index is 0.216. The molecule has 2 aromatic carbocycles. The molecule has 0 atom stereocenters. The van der Waals surface area contributed by atoms with E-state index in [0.29, 0.717) is 31.1 Å². The lowest BCUT2D eigenvalue weighted by molar-refractivity contribution is 0.0977. The second-order valence-corrected chi connectivity index (χ2v) is 6.06. The molecule has 0 heterocycles. The van der Waals surface area contributed by atoms with E-state index in [4.69, 9.17) is 26.4 Å². The quantitative estimate of drug-likeness (QED) is 0.505. The van der Waals surface area contributed by atoms with E-state index in [1.165, 1.54) is 0 Å². The third kappa shape index (κ3) is 7.24. The fourth-order valence-corrected chi connectivity index (χ4v) is 2.37. The van der Waals surface area contributed by atoms with Gasteiger partial charge in [0.05, 0.1) is 13.2 Å². The number of amides is 1. The number of methoxy groups -OCH3 is 1. The van der Waals surface area contributed by atoms with Crippen LogP contribution < -0.4 is 20.1 Å². The van der Waals surface area contributed by atoms with E-state index in [0.717, 1.165) is 17.9 Å². The second kappa shape index (κ2) is 11.2. The molecule has 0 fully saturated rings. The number of carbonyl (C=O) groups is 1. The van der Waals surface area contributed by atoms with Gasteiger partial charge >= 0.3 is 0 Å². The van der Waals surface area contributed by atoms with Crippen molar-refractivity contribution in [2.45, 2.75) is 13.3 Å². The van der Waals surface area contributed by atoms with Crippen LogP contribution in [0.4, 0.5) is 5.69 Å². The Morgan fingerprint density at radius 2 is 1.74 bits per heavy atom. The van der Waals surface area contributed by atoms with Crippen LogP contribution in [-0.2, 0) is 4.74 Å². The fraction of sp³-hybridized carbons (Fsp3) is 0.300. The number of hydrogen-bond donors (Lipinski definition) is 2. The zero-order valence-corrected chi connectivity index (χ0v) is 16.3. The summed E-state index contributed by atoms with van der Waals surface area (Å²) in [5.41, 5.74) is 1.23. The second-order valence-electron chi connectivity index (χ2n) is 5.65. The molecule has 0 aliphatic heterocycles. The predicted molar refractivity (Wildman–Crippen MR) is 110 cm³/mol. The Morgan fingerprint density at radius 1 is 1.00 bits per heavy atom. The van der Waals surface area contributed by atoms with Gasteiger partial charge in [-0.05, 0) is 61.1 Å². The van der Waals surface area contributed by atoms with Gasteiger partial charge < -0.3 is 19.5 Å². The van der Waals surface area contributed by atoms with E-state index in [1.54, 1.807) is 25.3 Å². The van der Waals surface area contributed by atoms with Gasteiger partial charge in [-0.3, -0.25) is 10.1 Å². The van der Waals surface area contributed by atoms with Crippen molar-refractivity contribution in [2.24, 2.45) is 0 Å². The minimum atomic E-state index is -0.297. The summed E-state index contributed by atoms with van der Waals surface area (Å²) in [6.45, 7) is 3.65. The molecule has 0 saturated heterocycles. The van der Waals surface area contributed by atoms with Crippen LogP contribution in [0.25, 0.3) is 0 Å². The molecule has 6 nitrogen and oxygen atoms in total. The van der Waals surface area contributed by atoms with Crippen LogP contribution in [0.3, 0.4) is 0 Å². The summed E-state index contributed by atoms with van der Waals surface area (Å²) in [7, 11) is 1.63. The van der Waals surface area contributed by atoms with E-state index in [2.05, 4.69) is 10.6 Å². The first kappa shape index (κ1) is 20.7. The van der Waals surface area contributed by atoms with Crippen molar-refractivity contribution in [2.75, 3.05) is 32.2 Å². The molecule has 2 N–H and O–H groups in total. The molecule has 0 spiro atoms. The van der Waals surface area contributed by atoms with Gasteiger partial charge in [-0.1, -0.05) is 13.0 Å². The Morgan fingerprint density at radius 3 is 2.44 bits per heavy atom. The molecule has 144 valence electrons. The lowest BCUT2D eigenvalue weighted by Gasteiger charge is -2.11. The molecule has 1 amide bonds. The first-order valence-electron chi connectivity index (χ1n) is 8.69. The van der Waals surface area contributed by atoms with Crippen LogP contribution in [0, 0.1) is 0 Å². The third-order valence-corrected chi connectivity index (χ3v) is 3.67. The van der Waals surface area contributed by atoms with Gasteiger partial charge in [0.2, 0.25) is 0 Å². The largest absolute Gasteiger partial charge is 0.494 e. The maximum Gasteiger partial charge on any atom is 0.257 e. The van der Waals surface area contributed by atoms with Crippen LogP contribution in [0.1, 0.15) is 23.7 Å². The average Bonchev–Trinajstić information content (AvgIpc) is 2.68. The first-order chi connectivity index (χ1) is 13.1. The van der Waals surface area contributed by atoms with Gasteiger partial charge in [-0.2, -0.15) is 0 Å². The van der Waals surface area contributed by atoms with Crippen molar-refractivity contribution in [3.63, 3.8) is 0 Å². The third-order valence-electron chi connectivity index (χ3n) is 3.46. The number of benzene rings is 2. The Hall–Kier alpha value is -2.64. The summed E-state index contributed by atoms with van der Waals surface area (Å²) >= 11 is 5.21. The number of ether oxygens (including phenoxy) is 3. The highest BCUT2D eigenvalue weighted by Crippen LogP contribution is 2.16.